The van der Waals surface area contributed by atoms with E-state index in [2.05, 4.69) is 13.5 Å². The van der Waals surface area contributed by atoms with Gasteiger partial charge in [-0.05, 0) is 32.0 Å². The molecule has 0 aliphatic heterocycles. The van der Waals surface area contributed by atoms with Gasteiger partial charge in [-0.15, -0.1) is 0 Å². The van der Waals surface area contributed by atoms with E-state index >= 15 is 0 Å². The Morgan fingerprint density at radius 2 is 2.09 bits per heavy atom. The zero-order valence-corrected chi connectivity index (χ0v) is 8.73. The van der Waals surface area contributed by atoms with Crippen molar-refractivity contribution in [2.24, 2.45) is 5.73 Å². The summed E-state index contributed by atoms with van der Waals surface area (Å²) in [5.41, 5.74) is 5.39. The summed E-state index contributed by atoms with van der Waals surface area (Å²) in [6.07, 6.45) is 3.55. The van der Waals surface area contributed by atoms with E-state index in [1.165, 1.54) is 18.9 Å². The third-order valence-electron chi connectivity index (χ3n) is 1.58. The summed E-state index contributed by atoms with van der Waals surface area (Å²) >= 11 is 0. The molecule has 0 bridgehead atoms. The molecule has 0 saturated carbocycles. The average Bonchev–Trinajstić information content (AvgIpc) is 2.01. The van der Waals surface area contributed by atoms with E-state index in [-0.39, 0.29) is 0 Å². The van der Waals surface area contributed by atoms with Crippen LogP contribution in [0.1, 0.15) is 26.2 Å². The topological polar surface area (TPSA) is 35.2 Å². The number of hydrogen-bond acceptors (Lipinski definition) is 2. The van der Waals surface area contributed by atoms with Gasteiger partial charge in [0.2, 0.25) is 9.04 Å². The smallest absolute Gasteiger partial charge is 0.208 e. The van der Waals surface area contributed by atoms with Gasteiger partial charge in [-0.1, -0.05) is 13.3 Å². The molecule has 0 aromatic heterocycles. The van der Waals surface area contributed by atoms with Gasteiger partial charge in [0, 0.05) is 6.61 Å². The van der Waals surface area contributed by atoms with E-state index in [4.69, 9.17) is 10.2 Å². The molecule has 0 rings (SSSR count). The monoisotopic (exact) mass is 174 g/mol. The molecular formula is C8H20NOSi. The first-order valence-electron chi connectivity index (χ1n) is 4.46. The van der Waals surface area contributed by atoms with Crippen molar-refractivity contribution in [3.8, 4) is 0 Å². The lowest BCUT2D eigenvalue weighted by atomic mass is 10.4. The Labute approximate surface area is 71.8 Å². The van der Waals surface area contributed by atoms with Crippen molar-refractivity contribution in [2.45, 2.75) is 38.8 Å². The second kappa shape index (κ2) is 8.24. The minimum Gasteiger partial charge on any atom is -0.417 e. The molecule has 67 valence electrons. The lowest BCUT2D eigenvalue weighted by molar-refractivity contribution is 0.313. The van der Waals surface area contributed by atoms with Crippen LogP contribution in [0.3, 0.4) is 0 Å². The maximum Gasteiger partial charge on any atom is 0.208 e. The predicted molar refractivity (Wildman–Crippen MR) is 51.0 cm³/mol. The lowest BCUT2D eigenvalue weighted by Crippen LogP contribution is -2.15. The highest BCUT2D eigenvalue weighted by molar-refractivity contribution is 6.50. The second-order valence-electron chi connectivity index (χ2n) is 2.80. The highest BCUT2D eigenvalue weighted by atomic mass is 28.3. The van der Waals surface area contributed by atoms with Gasteiger partial charge in [0.15, 0.2) is 0 Å². The van der Waals surface area contributed by atoms with Crippen molar-refractivity contribution in [2.75, 3.05) is 13.2 Å². The third-order valence-corrected chi connectivity index (χ3v) is 3.33. The van der Waals surface area contributed by atoms with Crippen LogP contribution in [0.15, 0.2) is 0 Å². The van der Waals surface area contributed by atoms with Crippen molar-refractivity contribution < 1.29 is 4.43 Å². The van der Waals surface area contributed by atoms with Gasteiger partial charge in [0.25, 0.3) is 0 Å². The van der Waals surface area contributed by atoms with Gasteiger partial charge < -0.3 is 10.2 Å². The van der Waals surface area contributed by atoms with Crippen LogP contribution in [0.5, 0.6) is 0 Å². The summed E-state index contributed by atoms with van der Waals surface area (Å²) in [6, 6.07) is 1.20. The zero-order valence-electron chi connectivity index (χ0n) is 7.73. The molecule has 0 atom stereocenters. The second-order valence-corrected chi connectivity index (χ2v) is 4.99. The molecule has 0 aliphatic carbocycles. The standard InChI is InChI=1S/C8H20NOSi/c1-3-4-7-10-11(2)8-5-6-9/h3-9H2,1-2H3. The maximum absolute atomic E-state index is 5.63. The highest BCUT2D eigenvalue weighted by Gasteiger charge is 2.03. The van der Waals surface area contributed by atoms with E-state index in [9.17, 15) is 0 Å². The lowest BCUT2D eigenvalue weighted by Gasteiger charge is -2.08. The molecule has 0 fully saturated rings. The Kier molecular flexibility index (Phi) is 8.34. The third kappa shape index (κ3) is 8.04. The van der Waals surface area contributed by atoms with Crippen LogP contribution >= 0.6 is 0 Å². The molecule has 11 heavy (non-hydrogen) atoms. The molecule has 0 spiro atoms. The first kappa shape index (κ1) is 11.1. The van der Waals surface area contributed by atoms with Crippen molar-refractivity contribution in [3.05, 3.63) is 0 Å². The Balaban J connectivity index is 3.02. The van der Waals surface area contributed by atoms with Crippen molar-refractivity contribution >= 4 is 9.04 Å². The van der Waals surface area contributed by atoms with Gasteiger partial charge in [-0.25, -0.2) is 0 Å². The quantitative estimate of drug-likeness (QED) is 0.471. The Morgan fingerprint density at radius 1 is 1.36 bits per heavy atom. The van der Waals surface area contributed by atoms with Crippen LogP contribution in [0, 0.1) is 0 Å². The summed E-state index contributed by atoms with van der Waals surface area (Å²) in [6.45, 7) is 6.16. The van der Waals surface area contributed by atoms with E-state index < -0.39 is 9.04 Å². The van der Waals surface area contributed by atoms with E-state index in [0.717, 1.165) is 19.6 Å². The van der Waals surface area contributed by atoms with Crippen molar-refractivity contribution in [1.29, 1.82) is 0 Å². The normalized spacial score (nSPS) is 10.9. The fourth-order valence-corrected chi connectivity index (χ4v) is 2.15. The minimum absolute atomic E-state index is 0.505. The molecule has 0 amide bonds. The van der Waals surface area contributed by atoms with Crippen molar-refractivity contribution in [1.82, 2.24) is 0 Å². The molecule has 0 aromatic rings. The molecule has 0 heterocycles. The zero-order chi connectivity index (χ0) is 8.53. The number of hydrogen-bond donors (Lipinski definition) is 1. The fourth-order valence-electron chi connectivity index (χ4n) is 0.814. The largest absolute Gasteiger partial charge is 0.417 e. The summed E-state index contributed by atoms with van der Waals surface area (Å²) in [7, 11) is -0.505. The highest BCUT2D eigenvalue weighted by Crippen LogP contribution is 1.99. The summed E-state index contributed by atoms with van der Waals surface area (Å²) in [4.78, 5) is 0. The van der Waals surface area contributed by atoms with Gasteiger partial charge in [0.1, 0.15) is 0 Å². The molecule has 0 aromatic carbocycles. The molecule has 2 nitrogen and oxygen atoms in total. The van der Waals surface area contributed by atoms with Gasteiger partial charge in [0.05, 0.1) is 0 Å². The molecule has 2 N–H and O–H groups in total. The Hall–Kier alpha value is 0.137. The molecule has 0 unspecified atom stereocenters. The summed E-state index contributed by atoms with van der Waals surface area (Å²) in [5, 5.41) is 0. The maximum atomic E-state index is 5.63. The van der Waals surface area contributed by atoms with Crippen LogP contribution in [-0.2, 0) is 4.43 Å². The van der Waals surface area contributed by atoms with Crippen LogP contribution in [0.25, 0.3) is 0 Å². The van der Waals surface area contributed by atoms with Crippen LogP contribution < -0.4 is 5.73 Å². The molecule has 1 radical (unpaired) electrons. The fraction of sp³-hybridized carbons (Fsp3) is 1.00. The minimum atomic E-state index is -0.505. The van der Waals surface area contributed by atoms with Gasteiger partial charge >= 0.3 is 0 Å². The van der Waals surface area contributed by atoms with Crippen LogP contribution in [-0.4, -0.2) is 22.2 Å². The van der Waals surface area contributed by atoms with Gasteiger partial charge in [-0.2, -0.15) is 0 Å². The first-order chi connectivity index (χ1) is 5.31. The number of rotatable bonds is 7. The molecular weight excluding hydrogens is 154 g/mol. The number of unbranched alkanes of at least 4 members (excludes halogenated alkanes) is 1. The molecule has 0 aliphatic rings. The number of nitrogens with two attached hydrogens (primary N) is 1. The molecule has 3 heteroatoms. The summed E-state index contributed by atoms with van der Waals surface area (Å²) in [5.74, 6) is 0. The Morgan fingerprint density at radius 3 is 2.64 bits per heavy atom. The van der Waals surface area contributed by atoms with Gasteiger partial charge in [-0.3, -0.25) is 0 Å². The van der Waals surface area contributed by atoms with Crippen molar-refractivity contribution in [3.63, 3.8) is 0 Å². The van der Waals surface area contributed by atoms with E-state index in [0.29, 0.717) is 0 Å². The summed E-state index contributed by atoms with van der Waals surface area (Å²) < 4.78 is 5.63. The van der Waals surface area contributed by atoms with E-state index in [1.807, 2.05) is 0 Å². The predicted octanol–water partition coefficient (Wildman–Crippen LogP) is 1.77. The molecule has 0 saturated heterocycles. The van der Waals surface area contributed by atoms with E-state index in [1.54, 1.807) is 0 Å². The van der Waals surface area contributed by atoms with Crippen LogP contribution in [0.2, 0.25) is 12.6 Å². The Bertz CT molecular complexity index is 80.5. The SMILES string of the molecule is CCCCO[Si](C)CCCN. The van der Waals surface area contributed by atoms with Crippen LogP contribution in [0.4, 0.5) is 0 Å². The average molecular weight is 174 g/mol. The first-order valence-corrected chi connectivity index (χ1v) is 6.58.